The number of methoxy groups -OCH3 is 3. The number of amides is 1. The lowest BCUT2D eigenvalue weighted by molar-refractivity contribution is -0.141. The molecule has 0 saturated heterocycles. The van der Waals surface area contributed by atoms with E-state index in [-0.39, 0.29) is 23.5 Å². The number of nitrogens with zero attached hydrogens (tertiary/aromatic N) is 2. The van der Waals surface area contributed by atoms with E-state index in [4.69, 9.17) is 14.2 Å². The zero-order valence-electron chi connectivity index (χ0n) is 19.5. The Morgan fingerprint density at radius 1 is 0.909 bits per heavy atom. The first-order valence-electron chi connectivity index (χ1n) is 10.4. The number of esters is 1. The number of hydrogen-bond donors (Lipinski definition) is 0. The maximum Gasteiger partial charge on any atom is 0.325 e. The number of carbonyl (C=O) groups excluding carboxylic acids is 2. The smallest absolute Gasteiger partial charge is 0.325 e. The lowest BCUT2D eigenvalue weighted by atomic mass is 10.1. The monoisotopic (exact) mass is 478 g/mol. The summed E-state index contributed by atoms with van der Waals surface area (Å²) in [6.07, 6.45) is 0. The van der Waals surface area contributed by atoms with Gasteiger partial charge in [-0.3, -0.25) is 9.59 Å². The van der Waals surface area contributed by atoms with Crippen molar-refractivity contribution in [3.05, 3.63) is 53.6 Å². The summed E-state index contributed by atoms with van der Waals surface area (Å²) in [7, 11) is 0.507. The number of sulfonamides is 1. The van der Waals surface area contributed by atoms with E-state index in [1.165, 1.54) is 54.8 Å². The van der Waals surface area contributed by atoms with Gasteiger partial charge in [0.25, 0.3) is 5.91 Å². The molecule has 9 nitrogen and oxygen atoms in total. The van der Waals surface area contributed by atoms with Gasteiger partial charge < -0.3 is 19.1 Å². The molecule has 0 heterocycles. The highest BCUT2D eigenvalue weighted by Crippen LogP contribution is 2.24. The Morgan fingerprint density at radius 2 is 1.52 bits per heavy atom. The van der Waals surface area contributed by atoms with Crippen LogP contribution >= 0.6 is 0 Å². The Morgan fingerprint density at radius 3 is 2.03 bits per heavy atom. The molecular weight excluding hydrogens is 448 g/mol. The van der Waals surface area contributed by atoms with Crippen molar-refractivity contribution in [3.63, 3.8) is 0 Å². The molecule has 0 fully saturated rings. The molecule has 0 bridgehead atoms. The molecule has 1 amide bonds. The quantitative estimate of drug-likeness (QED) is 0.457. The van der Waals surface area contributed by atoms with Crippen LogP contribution in [0.1, 0.15) is 29.8 Å². The van der Waals surface area contributed by atoms with Crippen LogP contribution < -0.4 is 9.47 Å². The average Bonchev–Trinajstić information content (AvgIpc) is 2.83. The molecule has 180 valence electrons. The van der Waals surface area contributed by atoms with E-state index in [0.717, 1.165) is 0 Å². The molecule has 10 heteroatoms. The summed E-state index contributed by atoms with van der Waals surface area (Å²) in [6.45, 7) is 3.84. The van der Waals surface area contributed by atoms with Gasteiger partial charge in [-0.2, -0.15) is 4.31 Å². The van der Waals surface area contributed by atoms with Crippen molar-refractivity contribution in [2.75, 3.05) is 41.0 Å². The molecule has 0 spiro atoms. The molecule has 33 heavy (non-hydrogen) atoms. The van der Waals surface area contributed by atoms with Crippen LogP contribution in [0.4, 0.5) is 0 Å². The Labute approximate surface area is 194 Å². The molecule has 0 N–H and O–H groups in total. The van der Waals surface area contributed by atoms with Crippen molar-refractivity contribution in [2.45, 2.75) is 25.3 Å². The van der Waals surface area contributed by atoms with Crippen molar-refractivity contribution in [2.24, 2.45) is 0 Å². The second kappa shape index (κ2) is 11.7. The van der Waals surface area contributed by atoms with E-state index in [1.54, 1.807) is 32.0 Å². The Bertz CT molecular complexity index is 1060. The van der Waals surface area contributed by atoms with Crippen LogP contribution in [0.3, 0.4) is 0 Å². The van der Waals surface area contributed by atoms with Gasteiger partial charge in [-0.15, -0.1) is 0 Å². The topological polar surface area (TPSA) is 102 Å². The highest BCUT2D eigenvalue weighted by Gasteiger charge is 2.25. The molecule has 0 aliphatic rings. The van der Waals surface area contributed by atoms with Gasteiger partial charge in [-0.1, -0.05) is 19.9 Å². The highest BCUT2D eigenvalue weighted by atomic mass is 32.2. The third-order valence-electron chi connectivity index (χ3n) is 5.04. The first-order chi connectivity index (χ1) is 15.7. The average molecular weight is 479 g/mol. The van der Waals surface area contributed by atoms with Gasteiger partial charge in [0.15, 0.2) is 0 Å². The lowest BCUT2D eigenvalue weighted by Crippen LogP contribution is -2.36. The zero-order valence-corrected chi connectivity index (χ0v) is 20.3. The van der Waals surface area contributed by atoms with Gasteiger partial charge in [0, 0.05) is 31.3 Å². The lowest BCUT2D eigenvalue weighted by Gasteiger charge is -2.23. The SMILES string of the molecule is CCN(CC)S(=O)(=O)c1cccc(C(=O)N(CC(=O)OC)Cc2cc(OC)cc(OC)c2)c1. The first kappa shape index (κ1) is 26.1. The fraction of sp³-hybridized carbons (Fsp3) is 0.391. The molecule has 0 aliphatic heterocycles. The van der Waals surface area contributed by atoms with Crippen LogP contribution in [0.2, 0.25) is 0 Å². The third kappa shape index (κ3) is 6.45. The van der Waals surface area contributed by atoms with Gasteiger partial charge >= 0.3 is 5.97 Å². The Hall–Kier alpha value is -3.11. The first-order valence-corrected chi connectivity index (χ1v) is 11.8. The predicted octanol–water partition coefficient (Wildman–Crippen LogP) is 2.55. The summed E-state index contributed by atoms with van der Waals surface area (Å²) in [4.78, 5) is 26.7. The molecule has 0 aliphatic carbocycles. The summed E-state index contributed by atoms with van der Waals surface area (Å²) < 4.78 is 42.4. The zero-order chi connectivity index (χ0) is 24.6. The van der Waals surface area contributed by atoms with Crippen molar-refractivity contribution < 1.29 is 32.2 Å². The Balaban J connectivity index is 2.44. The normalized spacial score (nSPS) is 11.2. The van der Waals surface area contributed by atoms with Gasteiger partial charge in [-0.25, -0.2) is 8.42 Å². The van der Waals surface area contributed by atoms with Gasteiger partial charge in [-0.05, 0) is 35.9 Å². The van der Waals surface area contributed by atoms with E-state index in [9.17, 15) is 18.0 Å². The predicted molar refractivity (Wildman–Crippen MR) is 123 cm³/mol. The molecule has 0 radical (unpaired) electrons. The van der Waals surface area contributed by atoms with E-state index >= 15 is 0 Å². The van der Waals surface area contributed by atoms with Gasteiger partial charge in [0.2, 0.25) is 10.0 Å². The summed E-state index contributed by atoms with van der Waals surface area (Å²) in [5.74, 6) is -0.0619. The summed E-state index contributed by atoms with van der Waals surface area (Å²) in [6, 6.07) is 10.9. The van der Waals surface area contributed by atoms with Gasteiger partial charge in [0.05, 0.1) is 26.2 Å². The van der Waals surface area contributed by atoms with Crippen molar-refractivity contribution in [1.29, 1.82) is 0 Å². The van der Waals surface area contributed by atoms with Crippen LogP contribution in [-0.4, -0.2) is 70.5 Å². The van der Waals surface area contributed by atoms with Gasteiger partial charge in [0.1, 0.15) is 18.0 Å². The second-order valence-corrected chi connectivity index (χ2v) is 9.01. The van der Waals surface area contributed by atoms with Crippen molar-refractivity contribution >= 4 is 21.9 Å². The minimum Gasteiger partial charge on any atom is -0.497 e. The van der Waals surface area contributed by atoms with E-state index in [2.05, 4.69) is 0 Å². The summed E-state index contributed by atoms with van der Waals surface area (Å²) >= 11 is 0. The number of carbonyl (C=O) groups is 2. The van der Waals surface area contributed by atoms with Crippen molar-refractivity contribution in [1.82, 2.24) is 9.21 Å². The van der Waals surface area contributed by atoms with Crippen LogP contribution in [0.25, 0.3) is 0 Å². The summed E-state index contributed by atoms with van der Waals surface area (Å²) in [5.41, 5.74) is 0.803. The maximum atomic E-state index is 13.3. The molecule has 0 unspecified atom stereocenters. The van der Waals surface area contributed by atoms with E-state index < -0.39 is 21.9 Å². The number of rotatable bonds is 11. The van der Waals surface area contributed by atoms with Crippen LogP contribution in [0, 0.1) is 0 Å². The number of hydrogen-bond acceptors (Lipinski definition) is 7. The number of ether oxygens (including phenoxy) is 3. The van der Waals surface area contributed by atoms with E-state index in [0.29, 0.717) is 30.2 Å². The molecule has 0 saturated carbocycles. The number of benzene rings is 2. The molecular formula is C23H30N2O7S. The maximum absolute atomic E-state index is 13.3. The van der Waals surface area contributed by atoms with Crippen LogP contribution in [0.5, 0.6) is 11.5 Å². The Kier molecular flexibility index (Phi) is 9.24. The third-order valence-corrected chi connectivity index (χ3v) is 7.09. The molecule has 0 atom stereocenters. The van der Waals surface area contributed by atoms with Crippen molar-refractivity contribution in [3.8, 4) is 11.5 Å². The van der Waals surface area contributed by atoms with Crippen LogP contribution in [-0.2, 0) is 26.1 Å². The molecule has 2 rings (SSSR count). The molecule has 2 aromatic rings. The van der Waals surface area contributed by atoms with E-state index in [1.807, 2.05) is 0 Å². The second-order valence-electron chi connectivity index (χ2n) is 7.08. The largest absolute Gasteiger partial charge is 0.497 e. The minimum absolute atomic E-state index is 0.0121. The molecule has 2 aromatic carbocycles. The fourth-order valence-electron chi connectivity index (χ4n) is 3.28. The van der Waals surface area contributed by atoms with Crippen LogP contribution in [0.15, 0.2) is 47.4 Å². The molecule has 0 aromatic heterocycles. The highest BCUT2D eigenvalue weighted by molar-refractivity contribution is 7.89. The minimum atomic E-state index is -3.75. The summed E-state index contributed by atoms with van der Waals surface area (Å²) in [5, 5.41) is 0. The standard InChI is InChI=1S/C23H30N2O7S/c1-6-25(7-2)33(28,29)21-10-8-9-18(13-21)23(27)24(16-22(26)32-5)15-17-11-19(30-3)14-20(12-17)31-4/h8-14H,6-7,15-16H2,1-5H3. The fourth-order valence-corrected chi connectivity index (χ4v) is 4.79.